The fourth-order valence-electron chi connectivity index (χ4n) is 3.73. The first-order valence-corrected chi connectivity index (χ1v) is 8.98. The largest absolute Gasteiger partial charge is 0.374 e. The van der Waals surface area contributed by atoms with Gasteiger partial charge in [-0.3, -0.25) is 9.48 Å². The Morgan fingerprint density at radius 1 is 1.43 bits per heavy atom. The highest BCUT2D eigenvalue weighted by atomic mass is 32.1. The lowest BCUT2D eigenvalue weighted by molar-refractivity contribution is -0.0388. The van der Waals surface area contributed by atoms with Gasteiger partial charge in [0.25, 0.3) is 5.91 Å². The number of ether oxygens (including phenoxy) is 1. The maximum atomic E-state index is 12.4. The molecule has 0 saturated carbocycles. The first kappa shape index (κ1) is 14.9. The van der Waals surface area contributed by atoms with Crippen LogP contribution in [0, 0.1) is 0 Å². The van der Waals surface area contributed by atoms with E-state index >= 15 is 0 Å². The molecule has 2 aromatic heterocycles. The Hall–Kier alpha value is -1.66. The van der Waals surface area contributed by atoms with Gasteiger partial charge >= 0.3 is 0 Å². The molecule has 0 aliphatic carbocycles. The SMILES string of the molecule is Cn1cc([C@@H]2COC3(CCN(C(=O)c4cccs4)CC3)C2)cn1. The van der Waals surface area contributed by atoms with Crippen molar-refractivity contribution in [3.63, 3.8) is 0 Å². The van der Waals surface area contributed by atoms with Crippen LogP contribution in [0.4, 0.5) is 0 Å². The van der Waals surface area contributed by atoms with Crippen molar-refractivity contribution in [1.29, 1.82) is 0 Å². The van der Waals surface area contributed by atoms with Crippen molar-refractivity contribution < 1.29 is 9.53 Å². The first-order valence-electron chi connectivity index (χ1n) is 8.10. The average molecular weight is 331 g/mol. The molecule has 2 fully saturated rings. The monoisotopic (exact) mass is 331 g/mol. The molecule has 0 aromatic carbocycles. The van der Waals surface area contributed by atoms with Crippen LogP contribution in [0.3, 0.4) is 0 Å². The molecule has 2 aliphatic rings. The average Bonchev–Trinajstić information content (AvgIpc) is 3.28. The Morgan fingerprint density at radius 3 is 2.91 bits per heavy atom. The summed E-state index contributed by atoms with van der Waals surface area (Å²) in [4.78, 5) is 15.2. The summed E-state index contributed by atoms with van der Waals surface area (Å²) in [5, 5.41) is 6.22. The number of likely N-dealkylation sites (tertiary alicyclic amines) is 1. The van der Waals surface area contributed by atoms with Crippen LogP contribution in [0.5, 0.6) is 0 Å². The van der Waals surface area contributed by atoms with Gasteiger partial charge in [-0.1, -0.05) is 6.07 Å². The van der Waals surface area contributed by atoms with Crippen LogP contribution in [0.2, 0.25) is 0 Å². The molecule has 0 bridgehead atoms. The summed E-state index contributed by atoms with van der Waals surface area (Å²) >= 11 is 1.52. The lowest BCUT2D eigenvalue weighted by atomic mass is 9.84. The minimum absolute atomic E-state index is 0.0489. The molecule has 23 heavy (non-hydrogen) atoms. The number of rotatable bonds is 2. The third-order valence-corrected chi connectivity index (χ3v) is 5.96. The molecule has 122 valence electrons. The topological polar surface area (TPSA) is 47.4 Å². The molecule has 0 radical (unpaired) electrons. The maximum absolute atomic E-state index is 12.4. The van der Waals surface area contributed by atoms with Crippen molar-refractivity contribution in [3.05, 3.63) is 40.3 Å². The molecule has 1 amide bonds. The Morgan fingerprint density at radius 2 is 2.26 bits per heavy atom. The minimum atomic E-state index is -0.0489. The third kappa shape index (κ3) is 2.81. The van der Waals surface area contributed by atoms with Crippen molar-refractivity contribution in [2.45, 2.75) is 30.8 Å². The van der Waals surface area contributed by atoms with Crippen LogP contribution >= 0.6 is 11.3 Å². The number of aromatic nitrogens is 2. The summed E-state index contributed by atoms with van der Waals surface area (Å²) in [6.07, 6.45) is 6.94. The van der Waals surface area contributed by atoms with Crippen molar-refractivity contribution in [2.75, 3.05) is 19.7 Å². The summed E-state index contributed by atoms with van der Waals surface area (Å²) in [7, 11) is 1.95. The van der Waals surface area contributed by atoms with E-state index < -0.39 is 0 Å². The number of thiophene rings is 1. The smallest absolute Gasteiger partial charge is 0.263 e. The molecule has 2 aliphatic heterocycles. The van der Waals surface area contributed by atoms with Crippen molar-refractivity contribution >= 4 is 17.2 Å². The van der Waals surface area contributed by atoms with Crippen LogP contribution in [-0.2, 0) is 11.8 Å². The van der Waals surface area contributed by atoms with E-state index in [1.807, 2.05) is 40.3 Å². The van der Waals surface area contributed by atoms with E-state index in [-0.39, 0.29) is 11.5 Å². The zero-order chi connectivity index (χ0) is 15.9. The van der Waals surface area contributed by atoms with E-state index in [0.29, 0.717) is 5.92 Å². The maximum Gasteiger partial charge on any atom is 0.263 e. The molecule has 5 nitrogen and oxygen atoms in total. The molecular formula is C17H21N3O2S. The molecule has 0 unspecified atom stereocenters. The second kappa shape index (κ2) is 5.76. The normalized spacial score (nSPS) is 23.5. The molecular weight excluding hydrogens is 310 g/mol. The minimum Gasteiger partial charge on any atom is -0.374 e. The van der Waals surface area contributed by atoms with Gasteiger partial charge in [0.2, 0.25) is 0 Å². The van der Waals surface area contributed by atoms with E-state index in [9.17, 15) is 4.79 Å². The molecule has 6 heteroatoms. The summed E-state index contributed by atoms with van der Waals surface area (Å²) in [5.74, 6) is 0.597. The van der Waals surface area contributed by atoms with Crippen LogP contribution in [0.1, 0.15) is 40.4 Å². The van der Waals surface area contributed by atoms with E-state index in [1.165, 1.54) is 16.9 Å². The Labute approximate surface area is 139 Å². The van der Waals surface area contributed by atoms with Crippen molar-refractivity contribution in [2.24, 2.45) is 7.05 Å². The fraction of sp³-hybridized carbons (Fsp3) is 0.529. The van der Waals surface area contributed by atoms with Crippen LogP contribution in [0.25, 0.3) is 0 Å². The fourth-order valence-corrected chi connectivity index (χ4v) is 4.42. The van der Waals surface area contributed by atoms with Gasteiger partial charge in [-0.15, -0.1) is 11.3 Å². The summed E-state index contributed by atoms with van der Waals surface area (Å²) in [6, 6.07) is 3.84. The zero-order valence-corrected chi connectivity index (χ0v) is 14.1. The van der Waals surface area contributed by atoms with E-state index in [0.717, 1.165) is 43.8 Å². The number of hydrogen-bond acceptors (Lipinski definition) is 4. The third-order valence-electron chi connectivity index (χ3n) is 5.10. The van der Waals surface area contributed by atoms with Gasteiger partial charge < -0.3 is 9.64 Å². The number of carbonyl (C=O) groups excluding carboxylic acids is 1. The molecule has 2 saturated heterocycles. The zero-order valence-electron chi connectivity index (χ0n) is 13.3. The van der Waals surface area contributed by atoms with Gasteiger partial charge in [0, 0.05) is 32.3 Å². The number of aryl methyl sites for hydroxylation is 1. The second-order valence-corrected chi connectivity index (χ2v) is 7.56. The lowest BCUT2D eigenvalue weighted by Crippen LogP contribution is -2.46. The molecule has 4 heterocycles. The van der Waals surface area contributed by atoms with E-state index in [2.05, 4.69) is 11.3 Å². The Balaban J connectivity index is 1.39. The van der Waals surface area contributed by atoms with Gasteiger partial charge in [-0.2, -0.15) is 5.10 Å². The highest BCUT2D eigenvalue weighted by molar-refractivity contribution is 7.12. The lowest BCUT2D eigenvalue weighted by Gasteiger charge is -2.38. The van der Waals surface area contributed by atoms with Crippen LogP contribution in [-0.4, -0.2) is 45.9 Å². The number of piperidine rings is 1. The van der Waals surface area contributed by atoms with Crippen LogP contribution in [0.15, 0.2) is 29.9 Å². The van der Waals surface area contributed by atoms with E-state index in [4.69, 9.17) is 4.74 Å². The van der Waals surface area contributed by atoms with Crippen LogP contribution < -0.4 is 0 Å². The first-order chi connectivity index (χ1) is 11.2. The van der Waals surface area contributed by atoms with Gasteiger partial charge in [-0.05, 0) is 36.3 Å². The quantitative estimate of drug-likeness (QED) is 0.850. The molecule has 4 rings (SSSR count). The van der Waals surface area contributed by atoms with E-state index in [1.54, 1.807) is 0 Å². The molecule has 0 N–H and O–H groups in total. The van der Waals surface area contributed by atoms with Gasteiger partial charge in [0.1, 0.15) is 0 Å². The summed E-state index contributed by atoms with van der Waals surface area (Å²) < 4.78 is 8.05. The highest BCUT2D eigenvalue weighted by Gasteiger charge is 2.44. The van der Waals surface area contributed by atoms with Gasteiger partial charge in [0.05, 0.1) is 23.3 Å². The molecule has 1 spiro atoms. The van der Waals surface area contributed by atoms with Gasteiger partial charge in [-0.25, -0.2) is 0 Å². The predicted molar refractivity (Wildman–Crippen MR) is 88.7 cm³/mol. The summed E-state index contributed by atoms with van der Waals surface area (Å²) in [5.41, 5.74) is 1.22. The second-order valence-electron chi connectivity index (χ2n) is 6.61. The number of amides is 1. The molecule has 1 atom stereocenters. The number of hydrogen-bond donors (Lipinski definition) is 0. The Kier molecular flexibility index (Phi) is 3.73. The number of carbonyl (C=O) groups is 1. The van der Waals surface area contributed by atoms with Gasteiger partial charge in [0.15, 0.2) is 0 Å². The molecule has 2 aromatic rings. The van der Waals surface area contributed by atoms with Crippen molar-refractivity contribution in [3.8, 4) is 0 Å². The van der Waals surface area contributed by atoms with Crippen molar-refractivity contribution in [1.82, 2.24) is 14.7 Å². The standard InChI is InChI=1S/C17H21N3O2S/c1-19-11-14(10-18-19)13-9-17(22-12-13)4-6-20(7-5-17)16(21)15-3-2-8-23-15/h2-3,8,10-11,13H,4-7,9,12H2,1H3/t13-/m0/s1. The predicted octanol–water partition coefficient (Wildman–Crippen LogP) is 2.66. The number of nitrogens with zero attached hydrogens (tertiary/aromatic N) is 3. The summed E-state index contributed by atoms with van der Waals surface area (Å²) in [6.45, 7) is 2.34. The highest BCUT2D eigenvalue weighted by Crippen LogP contribution is 2.42. The Bertz CT molecular complexity index is 687.